The predicted molar refractivity (Wildman–Crippen MR) is 77.0 cm³/mol. The van der Waals surface area contributed by atoms with E-state index in [9.17, 15) is 4.79 Å². The van der Waals surface area contributed by atoms with Crippen LogP contribution >= 0.6 is 11.8 Å². The average Bonchev–Trinajstić information content (AvgIpc) is 2.42. The Morgan fingerprint density at radius 3 is 2.74 bits per heavy atom. The Hall–Kier alpha value is -2.20. The van der Waals surface area contributed by atoms with Gasteiger partial charge in [0.25, 0.3) is 0 Å². The highest BCUT2D eigenvalue weighted by Gasteiger charge is 2.16. The second kappa shape index (κ2) is 4.82. The number of rotatable bonds is 2. The molecule has 19 heavy (non-hydrogen) atoms. The molecule has 0 saturated heterocycles. The summed E-state index contributed by atoms with van der Waals surface area (Å²) in [5.74, 6) is -0.943. The first-order valence-electron chi connectivity index (χ1n) is 5.82. The maximum Gasteiger partial charge on any atom is 0.328 e. The van der Waals surface area contributed by atoms with Crippen molar-refractivity contribution in [3.63, 3.8) is 0 Å². The third-order valence-electron chi connectivity index (χ3n) is 2.83. The molecule has 4 heteroatoms. The van der Waals surface area contributed by atoms with Crippen molar-refractivity contribution in [2.45, 2.75) is 9.79 Å². The second-order valence-electron chi connectivity index (χ2n) is 4.12. The van der Waals surface area contributed by atoms with E-state index in [2.05, 4.69) is 11.4 Å². The van der Waals surface area contributed by atoms with E-state index in [-0.39, 0.29) is 0 Å². The number of hydrogen-bond donors (Lipinski definition) is 2. The molecule has 3 nitrogen and oxygen atoms in total. The lowest BCUT2D eigenvalue weighted by molar-refractivity contribution is -0.131. The van der Waals surface area contributed by atoms with E-state index in [0.717, 1.165) is 27.9 Å². The zero-order valence-corrected chi connectivity index (χ0v) is 10.8. The number of anilines is 2. The molecule has 0 spiro atoms. The smallest absolute Gasteiger partial charge is 0.328 e. The Labute approximate surface area is 115 Å². The highest BCUT2D eigenvalue weighted by molar-refractivity contribution is 7.99. The summed E-state index contributed by atoms with van der Waals surface area (Å²) in [6.07, 6.45) is 2.77. The number of carbonyl (C=O) groups is 1. The molecule has 0 atom stereocenters. The van der Waals surface area contributed by atoms with Crippen molar-refractivity contribution >= 4 is 35.2 Å². The summed E-state index contributed by atoms with van der Waals surface area (Å²) in [6.45, 7) is 0. The van der Waals surface area contributed by atoms with E-state index in [1.54, 1.807) is 17.8 Å². The zero-order valence-electron chi connectivity index (χ0n) is 9.96. The highest BCUT2D eigenvalue weighted by Crippen LogP contribution is 2.45. The van der Waals surface area contributed by atoms with Gasteiger partial charge in [-0.05, 0) is 29.8 Å². The topological polar surface area (TPSA) is 49.3 Å². The van der Waals surface area contributed by atoms with Crippen molar-refractivity contribution in [2.24, 2.45) is 0 Å². The highest BCUT2D eigenvalue weighted by atomic mass is 32.2. The van der Waals surface area contributed by atoms with Crippen molar-refractivity contribution in [1.29, 1.82) is 0 Å². The first-order chi connectivity index (χ1) is 9.24. The summed E-state index contributed by atoms with van der Waals surface area (Å²) in [6, 6.07) is 13.9. The van der Waals surface area contributed by atoms with Gasteiger partial charge in [0.15, 0.2) is 0 Å². The van der Waals surface area contributed by atoms with Crippen LogP contribution < -0.4 is 5.32 Å². The molecule has 0 aliphatic carbocycles. The molecule has 3 rings (SSSR count). The number of carboxylic acids is 1. The van der Waals surface area contributed by atoms with Gasteiger partial charge in [-0.3, -0.25) is 0 Å². The Balaban J connectivity index is 2.03. The normalized spacial score (nSPS) is 12.6. The Morgan fingerprint density at radius 1 is 1.11 bits per heavy atom. The van der Waals surface area contributed by atoms with Gasteiger partial charge in [0, 0.05) is 15.9 Å². The van der Waals surface area contributed by atoms with Gasteiger partial charge >= 0.3 is 5.97 Å². The first-order valence-corrected chi connectivity index (χ1v) is 6.63. The van der Waals surface area contributed by atoms with Gasteiger partial charge < -0.3 is 10.4 Å². The number of fused-ring (bicyclic) bond motifs is 2. The van der Waals surface area contributed by atoms with Crippen LogP contribution in [0, 0.1) is 0 Å². The molecule has 0 radical (unpaired) electrons. The van der Waals surface area contributed by atoms with Crippen LogP contribution in [0.1, 0.15) is 5.56 Å². The SMILES string of the molecule is O=C(O)C=Cc1cccc2c1Nc1ccccc1S2. The number of carboxylic acid groups (broad SMARTS) is 1. The summed E-state index contributed by atoms with van der Waals surface area (Å²) in [5, 5.41) is 12.1. The third-order valence-corrected chi connectivity index (χ3v) is 3.97. The fraction of sp³-hybridized carbons (Fsp3) is 0. The Bertz CT molecular complexity index is 680. The zero-order chi connectivity index (χ0) is 13.2. The van der Waals surface area contributed by atoms with Crippen LogP contribution in [-0.2, 0) is 4.79 Å². The van der Waals surface area contributed by atoms with Crippen LogP contribution in [0.2, 0.25) is 0 Å². The van der Waals surface area contributed by atoms with Crippen LogP contribution in [0.5, 0.6) is 0 Å². The van der Waals surface area contributed by atoms with Crippen molar-refractivity contribution in [1.82, 2.24) is 0 Å². The van der Waals surface area contributed by atoms with Gasteiger partial charge in [0.2, 0.25) is 0 Å². The molecule has 0 bridgehead atoms. The van der Waals surface area contributed by atoms with Gasteiger partial charge in [-0.15, -0.1) is 0 Å². The van der Waals surface area contributed by atoms with Gasteiger partial charge in [-0.25, -0.2) is 4.79 Å². The largest absolute Gasteiger partial charge is 0.478 e. The molecule has 0 saturated carbocycles. The van der Waals surface area contributed by atoms with Crippen molar-refractivity contribution < 1.29 is 9.90 Å². The molecule has 1 aliphatic rings. The minimum absolute atomic E-state index is 0.877. The molecule has 0 fully saturated rings. The summed E-state index contributed by atoms with van der Waals surface area (Å²) in [5.41, 5.74) is 2.89. The average molecular weight is 269 g/mol. The summed E-state index contributed by atoms with van der Waals surface area (Å²) < 4.78 is 0. The van der Waals surface area contributed by atoms with E-state index < -0.39 is 5.97 Å². The first kappa shape index (κ1) is 11.9. The molecule has 0 amide bonds. The lowest BCUT2D eigenvalue weighted by atomic mass is 10.1. The third kappa shape index (κ3) is 2.35. The lowest BCUT2D eigenvalue weighted by Crippen LogP contribution is -2.01. The molecule has 1 heterocycles. The number of aliphatic carboxylic acids is 1. The van der Waals surface area contributed by atoms with E-state index in [0.29, 0.717) is 0 Å². The monoisotopic (exact) mass is 269 g/mol. The molecular formula is C15H11NO2S. The maximum absolute atomic E-state index is 10.6. The Morgan fingerprint density at radius 2 is 1.89 bits per heavy atom. The van der Waals surface area contributed by atoms with Crippen LogP contribution in [-0.4, -0.2) is 11.1 Å². The molecule has 2 N–H and O–H groups in total. The van der Waals surface area contributed by atoms with E-state index in [4.69, 9.17) is 5.11 Å². The second-order valence-corrected chi connectivity index (χ2v) is 5.20. The van der Waals surface area contributed by atoms with Crippen molar-refractivity contribution in [2.75, 3.05) is 5.32 Å². The summed E-state index contributed by atoms with van der Waals surface area (Å²) in [7, 11) is 0. The van der Waals surface area contributed by atoms with E-state index >= 15 is 0 Å². The predicted octanol–water partition coefficient (Wildman–Crippen LogP) is 3.99. The molecule has 2 aromatic rings. The lowest BCUT2D eigenvalue weighted by Gasteiger charge is -2.22. The number of hydrogen-bond acceptors (Lipinski definition) is 3. The molecule has 0 aromatic heterocycles. The van der Waals surface area contributed by atoms with Crippen LogP contribution in [0.25, 0.3) is 6.08 Å². The van der Waals surface area contributed by atoms with Gasteiger partial charge in [-0.2, -0.15) is 0 Å². The van der Waals surface area contributed by atoms with Gasteiger partial charge in [-0.1, -0.05) is 36.0 Å². The summed E-state index contributed by atoms with van der Waals surface area (Å²) >= 11 is 1.69. The van der Waals surface area contributed by atoms with Crippen LogP contribution in [0.4, 0.5) is 11.4 Å². The number of benzene rings is 2. The van der Waals surface area contributed by atoms with E-state index in [1.165, 1.54) is 4.90 Å². The number of nitrogens with one attached hydrogen (secondary N) is 1. The summed E-state index contributed by atoms with van der Waals surface area (Å²) in [4.78, 5) is 12.9. The Kier molecular flexibility index (Phi) is 3.01. The van der Waals surface area contributed by atoms with Crippen LogP contribution in [0.15, 0.2) is 58.3 Å². The molecule has 2 aromatic carbocycles. The molecule has 0 unspecified atom stereocenters. The van der Waals surface area contributed by atoms with Crippen molar-refractivity contribution in [3.8, 4) is 0 Å². The van der Waals surface area contributed by atoms with Gasteiger partial charge in [0.05, 0.1) is 11.4 Å². The standard InChI is InChI=1S/C15H11NO2S/c17-14(18)9-8-10-4-3-7-13-15(10)16-11-5-1-2-6-12(11)19-13/h1-9,16H,(H,17,18). The van der Waals surface area contributed by atoms with E-state index in [1.807, 2.05) is 36.4 Å². The van der Waals surface area contributed by atoms with Crippen LogP contribution in [0.3, 0.4) is 0 Å². The maximum atomic E-state index is 10.6. The molecule has 94 valence electrons. The van der Waals surface area contributed by atoms with Gasteiger partial charge in [0.1, 0.15) is 0 Å². The minimum atomic E-state index is -0.943. The fourth-order valence-electron chi connectivity index (χ4n) is 1.98. The molecule has 1 aliphatic heterocycles. The van der Waals surface area contributed by atoms with Crippen molar-refractivity contribution in [3.05, 3.63) is 54.1 Å². The molecular weight excluding hydrogens is 258 g/mol. The quantitative estimate of drug-likeness (QED) is 0.691. The number of para-hydroxylation sites is 2. The fourth-order valence-corrected chi connectivity index (χ4v) is 3.01. The minimum Gasteiger partial charge on any atom is -0.478 e.